The normalized spacial score (nSPS) is 10.3. The lowest BCUT2D eigenvalue weighted by Gasteiger charge is -2.26. The number of aryl methyl sites for hydroxylation is 1. The van der Waals surface area contributed by atoms with Gasteiger partial charge in [0.1, 0.15) is 0 Å². The molecule has 0 fully saturated rings. The van der Waals surface area contributed by atoms with Crippen LogP contribution in [-0.4, -0.2) is 11.5 Å². The summed E-state index contributed by atoms with van der Waals surface area (Å²) in [5.74, 6) is 0. The Morgan fingerprint density at radius 3 is 2.61 bits per heavy atom. The third-order valence-corrected chi connectivity index (χ3v) is 3.05. The highest BCUT2D eigenvalue weighted by atomic mass is 15.1. The quantitative estimate of drug-likeness (QED) is 0.790. The molecule has 0 radical (unpaired) electrons. The number of para-hydroxylation sites is 1. The Bertz CT molecular complexity index is 479. The fourth-order valence-corrected chi connectivity index (χ4v) is 2.18. The third kappa shape index (κ3) is 3.10. The fraction of sp³-hybridized carbons (Fsp3) is 0.312. The van der Waals surface area contributed by atoms with E-state index in [1.165, 1.54) is 16.8 Å². The largest absolute Gasteiger partial charge is 0.367 e. The monoisotopic (exact) mass is 240 g/mol. The molecule has 0 amide bonds. The maximum atomic E-state index is 4.19. The van der Waals surface area contributed by atoms with Gasteiger partial charge in [0.25, 0.3) is 0 Å². The summed E-state index contributed by atoms with van der Waals surface area (Å²) in [7, 11) is 0. The highest BCUT2D eigenvalue weighted by Gasteiger charge is 2.08. The molecular weight excluding hydrogens is 220 g/mol. The fourth-order valence-electron chi connectivity index (χ4n) is 2.18. The molecule has 0 aliphatic rings. The summed E-state index contributed by atoms with van der Waals surface area (Å²) >= 11 is 0. The first-order chi connectivity index (χ1) is 8.81. The molecule has 94 valence electrons. The van der Waals surface area contributed by atoms with Crippen LogP contribution in [0, 0.1) is 6.92 Å². The van der Waals surface area contributed by atoms with Gasteiger partial charge in [-0.1, -0.05) is 31.2 Å². The molecule has 1 aromatic carbocycles. The number of benzene rings is 1. The predicted molar refractivity (Wildman–Crippen MR) is 76.8 cm³/mol. The van der Waals surface area contributed by atoms with Crippen LogP contribution in [0.25, 0.3) is 0 Å². The maximum absolute atomic E-state index is 4.19. The van der Waals surface area contributed by atoms with Gasteiger partial charge in [-0.25, -0.2) is 0 Å². The van der Waals surface area contributed by atoms with Crippen molar-refractivity contribution in [2.45, 2.75) is 26.8 Å². The zero-order valence-electron chi connectivity index (χ0n) is 11.1. The smallest absolute Gasteiger partial charge is 0.0444 e. The van der Waals surface area contributed by atoms with Gasteiger partial charge in [0.15, 0.2) is 0 Å². The molecule has 2 rings (SSSR count). The van der Waals surface area contributed by atoms with E-state index in [1.54, 1.807) is 0 Å². The molecule has 2 aromatic rings. The van der Waals surface area contributed by atoms with Gasteiger partial charge in [0.05, 0.1) is 0 Å². The van der Waals surface area contributed by atoms with Gasteiger partial charge in [0.2, 0.25) is 0 Å². The molecule has 18 heavy (non-hydrogen) atoms. The summed E-state index contributed by atoms with van der Waals surface area (Å²) < 4.78 is 0. The number of rotatable bonds is 5. The van der Waals surface area contributed by atoms with Crippen LogP contribution in [-0.2, 0) is 6.54 Å². The lowest BCUT2D eigenvalue weighted by molar-refractivity contribution is 0.763. The number of hydrogen-bond acceptors (Lipinski definition) is 2. The van der Waals surface area contributed by atoms with Gasteiger partial charge in [-0.3, -0.25) is 4.98 Å². The average Bonchev–Trinajstić information content (AvgIpc) is 2.40. The van der Waals surface area contributed by atoms with E-state index in [1.807, 2.05) is 18.5 Å². The van der Waals surface area contributed by atoms with Crippen molar-refractivity contribution >= 4 is 5.69 Å². The van der Waals surface area contributed by atoms with Crippen molar-refractivity contribution < 1.29 is 0 Å². The van der Waals surface area contributed by atoms with Crippen molar-refractivity contribution in [2.75, 3.05) is 11.4 Å². The molecule has 0 N–H and O–H groups in total. The standard InChI is InChI=1S/C16H20N2/c1-3-11-18(13-15-8-6-10-17-12-15)16-9-5-4-7-14(16)2/h4-10,12H,3,11,13H2,1-2H3. The molecule has 1 heterocycles. The molecular formula is C16H20N2. The lowest BCUT2D eigenvalue weighted by Crippen LogP contribution is -2.24. The summed E-state index contributed by atoms with van der Waals surface area (Å²) in [5.41, 5.74) is 3.91. The Morgan fingerprint density at radius 2 is 1.94 bits per heavy atom. The molecule has 1 aromatic heterocycles. The van der Waals surface area contributed by atoms with Crippen LogP contribution in [0.2, 0.25) is 0 Å². The number of pyridine rings is 1. The first kappa shape index (κ1) is 12.6. The van der Waals surface area contributed by atoms with E-state index in [4.69, 9.17) is 0 Å². The SMILES string of the molecule is CCCN(Cc1cccnc1)c1ccccc1C. The van der Waals surface area contributed by atoms with Gasteiger partial charge >= 0.3 is 0 Å². The molecule has 2 heteroatoms. The molecule has 0 aliphatic carbocycles. The van der Waals surface area contributed by atoms with Gasteiger partial charge in [0, 0.05) is 31.2 Å². The summed E-state index contributed by atoms with van der Waals surface area (Å²) in [6.07, 6.45) is 4.91. The van der Waals surface area contributed by atoms with E-state index in [0.717, 1.165) is 19.5 Å². The van der Waals surface area contributed by atoms with Gasteiger partial charge < -0.3 is 4.90 Å². The predicted octanol–water partition coefficient (Wildman–Crippen LogP) is 3.81. The molecule has 0 unspecified atom stereocenters. The number of hydrogen-bond donors (Lipinski definition) is 0. The van der Waals surface area contributed by atoms with E-state index in [0.29, 0.717) is 0 Å². The van der Waals surface area contributed by atoms with E-state index in [2.05, 4.69) is 54.1 Å². The van der Waals surface area contributed by atoms with Crippen molar-refractivity contribution in [2.24, 2.45) is 0 Å². The van der Waals surface area contributed by atoms with Crippen LogP contribution in [0.4, 0.5) is 5.69 Å². The number of aromatic nitrogens is 1. The summed E-state index contributed by atoms with van der Waals surface area (Å²) in [5, 5.41) is 0. The highest BCUT2D eigenvalue weighted by Crippen LogP contribution is 2.21. The van der Waals surface area contributed by atoms with Crippen molar-refractivity contribution in [3.05, 3.63) is 59.9 Å². The number of nitrogens with zero attached hydrogens (tertiary/aromatic N) is 2. The minimum atomic E-state index is 0.923. The van der Waals surface area contributed by atoms with E-state index in [9.17, 15) is 0 Å². The van der Waals surface area contributed by atoms with Crippen LogP contribution in [0.1, 0.15) is 24.5 Å². The topological polar surface area (TPSA) is 16.1 Å². The molecule has 0 aliphatic heterocycles. The van der Waals surface area contributed by atoms with Gasteiger partial charge in [-0.05, 0) is 36.6 Å². The maximum Gasteiger partial charge on any atom is 0.0444 e. The van der Waals surface area contributed by atoms with Crippen LogP contribution in [0.5, 0.6) is 0 Å². The Morgan fingerprint density at radius 1 is 1.11 bits per heavy atom. The average molecular weight is 240 g/mol. The summed E-state index contributed by atoms with van der Waals surface area (Å²) in [6.45, 7) is 6.38. The van der Waals surface area contributed by atoms with Crippen molar-refractivity contribution in [3.8, 4) is 0 Å². The second-order valence-electron chi connectivity index (χ2n) is 4.57. The molecule has 0 atom stereocenters. The number of anilines is 1. The Kier molecular flexibility index (Phi) is 4.35. The minimum absolute atomic E-state index is 0.923. The third-order valence-electron chi connectivity index (χ3n) is 3.05. The molecule has 0 saturated heterocycles. The first-order valence-corrected chi connectivity index (χ1v) is 6.50. The summed E-state index contributed by atoms with van der Waals surface area (Å²) in [4.78, 5) is 6.61. The molecule has 2 nitrogen and oxygen atoms in total. The van der Waals surface area contributed by atoms with E-state index >= 15 is 0 Å². The van der Waals surface area contributed by atoms with Crippen molar-refractivity contribution in [3.63, 3.8) is 0 Å². The van der Waals surface area contributed by atoms with Gasteiger partial charge in [-0.15, -0.1) is 0 Å². The Hall–Kier alpha value is -1.83. The molecule has 0 bridgehead atoms. The van der Waals surface area contributed by atoms with Crippen LogP contribution in [0.15, 0.2) is 48.8 Å². The molecule has 0 saturated carbocycles. The molecule has 0 spiro atoms. The van der Waals surface area contributed by atoms with E-state index < -0.39 is 0 Å². The van der Waals surface area contributed by atoms with Crippen LogP contribution >= 0.6 is 0 Å². The first-order valence-electron chi connectivity index (χ1n) is 6.50. The Labute approximate surface area is 109 Å². The van der Waals surface area contributed by atoms with Crippen molar-refractivity contribution in [1.29, 1.82) is 0 Å². The Balaban J connectivity index is 2.21. The summed E-state index contributed by atoms with van der Waals surface area (Å²) in [6, 6.07) is 12.7. The highest BCUT2D eigenvalue weighted by molar-refractivity contribution is 5.53. The zero-order chi connectivity index (χ0) is 12.8. The zero-order valence-corrected chi connectivity index (χ0v) is 11.1. The van der Waals surface area contributed by atoms with Crippen LogP contribution in [0.3, 0.4) is 0 Å². The van der Waals surface area contributed by atoms with Gasteiger partial charge in [-0.2, -0.15) is 0 Å². The van der Waals surface area contributed by atoms with Crippen molar-refractivity contribution in [1.82, 2.24) is 4.98 Å². The second kappa shape index (κ2) is 6.20. The lowest BCUT2D eigenvalue weighted by atomic mass is 10.1. The van der Waals surface area contributed by atoms with Crippen LogP contribution < -0.4 is 4.90 Å². The minimum Gasteiger partial charge on any atom is -0.367 e. The second-order valence-corrected chi connectivity index (χ2v) is 4.57. The van der Waals surface area contributed by atoms with E-state index in [-0.39, 0.29) is 0 Å².